The first-order valence-electron chi connectivity index (χ1n) is 4.33. The van der Waals surface area contributed by atoms with Crippen molar-refractivity contribution in [3.63, 3.8) is 0 Å². The highest BCUT2D eigenvalue weighted by atomic mass is 19.1. The van der Waals surface area contributed by atoms with E-state index in [1.807, 2.05) is 0 Å². The van der Waals surface area contributed by atoms with Crippen molar-refractivity contribution in [1.82, 2.24) is 10.2 Å². The van der Waals surface area contributed by atoms with Crippen molar-refractivity contribution in [2.75, 3.05) is 5.73 Å². The average Bonchev–Trinajstić information content (AvgIpc) is 2.64. The predicted octanol–water partition coefficient (Wildman–Crippen LogP) is 1.71. The average molecular weight is 222 g/mol. The Morgan fingerprint density at radius 2 is 2.25 bits per heavy atom. The van der Waals surface area contributed by atoms with Gasteiger partial charge in [0, 0.05) is 17.7 Å². The van der Waals surface area contributed by atoms with Crippen molar-refractivity contribution in [3.05, 3.63) is 40.2 Å². The van der Waals surface area contributed by atoms with E-state index in [0.29, 0.717) is 5.69 Å². The lowest BCUT2D eigenvalue weighted by Gasteiger charge is -1.99. The van der Waals surface area contributed by atoms with Crippen LogP contribution < -0.4 is 5.73 Å². The molecule has 2 rings (SSSR count). The van der Waals surface area contributed by atoms with E-state index in [1.165, 1.54) is 18.2 Å². The lowest BCUT2D eigenvalue weighted by atomic mass is 10.1. The summed E-state index contributed by atoms with van der Waals surface area (Å²) in [5.41, 5.74) is 5.16. The summed E-state index contributed by atoms with van der Waals surface area (Å²) in [4.78, 5) is 9.75. The number of nitrogen functional groups attached to an aromatic ring is 1. The van der Waals surface area contributed by atoms with Crippen LogP contribution in [0.2, 0.25) is 0 Å². The van der Waals surface area contributed by atoms with Crippen molar-refractivity contribution in [1.29, 1.82) is 0 Å². The Morgan fingerprint density at radius 1 is 1.50 bits per heavy atom. The fraction of sp³-hybridized carbons (Fsp3) is 0. The summed E-state index contributed by atoms with van der Waals surface area (Å²) in [6.07, 6.45) is 0. The van der Waals surface area contributed by atoms with E-state index < -0.39 is 16.4 Å². The van der Waals surface area contributed by atoms with E-state index in [0.717, 1.165) is 6.07 Å². The molecule has 6 nitrogen and oxygen atoms in total. The minimum absolute atomic E-state index is 0.0680. The Balaban J connectivity index is 2.58. The van der Waals surface area contributed by atoms with Gasteiger partial charge in [0.05, 0.1) is 10.6 Å². The SMILES string of the molecule is Nc1cc(-c2cccc([N+](=O)[O-])c2F)[nH]n1. The minimum Gasteiger partial charge on any atom is -0.382 e. The summed E-state index contributed by atoms with van der Waals surface area (Å²) >= 11 is 0. The number of hydrogen-bond acceptors (Lipinski definition) is 4. The highest BCUT2D eigenvalue weighted by Gasteiger charge is 2.19. The van der Waals surface area contributed by atoms with E-state index in [9.17, 15) is 14.5 Å². The lowest BCUT2D eigenvalue weighted by Crippen LogP contribution is -1.94. The normalized spacial score (nSPS) is 10.3. The second-order valence-corrected chi connectivity index (χ2v) is 3.10. The molecule has 1 aromatic heterocycles. The van der Waals surface area contributed by atoms with Crippen molar-refractivity contribution in [3.8, 4) is 11.3 Å². The molecule has 1 aromatic carbocycles. The summed E-state index contributed by atoms with van der Waals surface area (Å²) in [5.74, 6) is -0.711. The molecule has 2 aromatic rings. The molecule has 0 atom stereocenters. The summed E-state index contributed by atoms with van der Waals surface area (Å²) in [6, 6.07) is 5.31. The molecule has 3 N–H and O–H groups in total. The number of halogens is 1. The van der Waals surface area contributed by atoms with Gasteiger partial charge in [0.15, 0.2) is 0 Å². The number of rotatable bonds is 2. The van der Waals surface area contributed by atoms with E-state index in [2.05, 4.69) is 10.2 Å². The van der Waals surface area contributed by atoms with E-state index in [4.69, 9.17) is 5.73 Å². The van der Waals surface area contributed by atoms with Gasteiger partial charge in [0.25, 0.3) is 0 Å². The molecule has 0 aliphatic carbocycles. The van der Waals surface area contributed by atoms with Gasteiger partial charge >= 0.3 is 5.69 Å². The van der Waals surface area contributed by atoms with Gasteiger partial charge < -0.3 is 5.73 Å². The molecule has 0 saturated carbocycles. The molecular formula is C9H7FN4O2. The molecule has 0 aliphatic rings. The number of benzene rings is 1. The molecule has 0 unspecified atom stereocenters. The number of nitrogens with zero attached hydrogens (tertiary/aromatic N) is 2. The highest BCUT2D eigenvalue weighted by molar-refractivity contribution is 5.65. The number of nitrogens with one attached hydrogen (secondary N) is 1. The van der Waals surface area contributed by atoms with Gasteiger partial charge in [-0.2, -0.15) is 9.49 Å². The van der Waals surface area contributed by atoms with Crippen LogP contribution in [0.1, 0.15) is 0 Å². The number of aromatic amines is 1. The molecule has 0 amide bonds. The lowest BCUT2D eigenvalue weighted by molar-refractivity contribution is -0.387. The Labute approximate surface area is 89.0 Å². The molecule has 82 valence electrons. The maximum Gasteiger partial charge on any atom is 0.305 e. The number of nitrogens with two attached hydrogens (primary N) is 1. The molecule has 0 aliphatic heterocycles. The van der Waals surface area contributed by atoms with E-state index in [-0.39, 0.29) is 11.4 Å². The Bertz CT molecular complexity index is 552. The quantitative estimate of drug-likeness (QED) is 0.596. The molecule has 0 radical (unpaired) electrons. The first kappa shape index (κ1) is 10.1. The predicted molar refractivity (Wildman–Crippen MR) is 55.0 cm³/mol. The van der Waals surface area contributed by atoms with Crippen molar-refractivity contribution >= 4 is 11.5 Å². The van der Waals surface area contributed by atoms with E-state index in [1.54, 1.807) is 0 Å². The first-order valence-corrected chi connectivity index (χ1v) is 4.33. The molecule has 0 spiro atoms. The van der Waals surface area contributed by atoms with Gasteiger partial charge in [-0.1, -0.05) is 6.07 Å². The van der Waals surface area contributed by atoms with Crippen LogP contribution in [-0.4, -0.2) is 15.1 Å². The number of nitro groups is 1. The molecule has 1 heterocycles. The van der Waals surface area contributed by atoms with E-state index >= 15 is 0 Å². The zero-order valence-corrected chi connectivity index (χ0v) is 7.98. The number of hydrogen-bond donors (Lipinski definition) is 2. The third-order valence-electron chi connectivity index (χ3n) is 2.06. The van der Waals surface area contributed by atoms with Crippen LogP contribution in [0.3, 0.4) is 0 Å². The summed E-state index contributed by atoms with van der Waals surface area (Å²) in [5, 5.41) is 16.6. The second-order valence-electron chi connectivity index (χ2n) is 3.10. The van der Waals surface area contributed by atoms with Gasteiger partial charge in [-0.05, 0) is 6.07 Å². The third-order valence-corrected chi connectivity index (χ3v) is 2.06. The van der Waals surface area contributed by atoms with Gasteiger partial charge in [-0.3, -0.25) is 15.2 Å². The molecule has 0 fully saturated rings. The van der Waals surface area contributed by atoms with Gasteiger partial charge in [0.2, 0.25) is 5.82 Å². The fourth-order valence-electron chi connectivity index (χ4n) is 1.34. The van der Waals surface area contributed by atoms with Crippen LogP contribution in [0.5, 0.6) is 0 Å². The zero-order valence-electron chi connectivity index (χ0n) is 7.98. The smallest absolute Gasteiger partial charge is 0.305 e. The standard InChI is InChI=1S/C9H7FN4O2/c10-9-5(6-4-8(11)13-12-6)2-1-3-7(9)14(15)16/h1-4H,(H3,11,12,13). The molecule has 0 bridgehead atoms. The summed E-state index contributed by atoms with van der Waals surface area (Å²) < 4.78 is 13.7. The first-order chi connectivity index (χ1) is 7.59. The second kappa shape index (κ2) is 3.61. The van der Waals surface area contributed by atoms with Gasteiger partial charge in [0.1, 0.15) is 5.82 Å². The summed E-state index contributed by atoms with van der Waals surface area (Å²) in [6.45, 7) is 0. The summed E-state index contributed by atoms with van der Waals surface area (Å²) in [7, 11) is 0. The van der Waals surface area contributed by atoms with Crippen LogP contribution in [0.15, 0.2) is 24.3 Å². The van der Waals surface area contributed by atoms with Crippen LogP contribution in [-0.2, 0) is 0 Å². The van der Waals surface area contributed by atoms with Crippen LogP contribution in [0.25, 0.3) is 11.3 Å². The van der Waals surface area contributed by atoms with Crippen molar-refractivity contribution < 1.29 is 9.31 Å². The number of H-pyrrole nitrogens is 1. The largest absolute Gasteiger partial charge is 0.382 e. The van der Waals surface area contributed by atoms with Gasteiger partial charge in [-0.15, -0.1) is 0 Å². The van der Waals surface area contributed by atoms with Crippen LogP contribution in [0.4, 0.5) is 15.9 Å². The number of anilines is 1. The van der Waals surface area contributed by atoms with Crippen molar-refractivity contribution in [2.24, 2.45) is 0 Å². The monoisotopic (exact) mass is 222 g/mol. The van der Waals surface area contributed by atoms with Crippen LogP contribution >= 0.6 is 0 Å². The highest BCUT2D eigenvalue weighted by Crippen LogP contribution is 2.28. The fourth-order valence-corrected chi connectivity index (χ4v) is 1.34. The Morgan fingerprint density at radius 3 is 2.81 bits per heavy atom. The maximum absolute atomic E-state index is 13.7. The molecule has 16 heavy (non-hydrogen) atoms. The number of aromatic nitrogens is 2. The van der Waals surface area contributed by atoms with Crippen molar-refractivity contribution in [2.45, 2.75) is 0 Å². The molecule has 0 saturated heterocycles. The Kier molecular flexibility index (Phi) is 2.28. The number of nitro benzene ring substituents is 1. The van der Waals surface area contributed by atoms with Crippen LogP contribution in [0, 0.1) is 15.9 Å². The molecular weight excluding hydrogens is 215 g/mol. The maximum atomic E-state index is 13.7. The molecule has 7 heteroatoms. The third kappa shape index (κ3) is 1.58. The zero-order chi connectivity index (χ0) is 11.7. The topological polar surface area (TPSA) is 97.8 Å². The minimum atomic E-state index is -0.906. The van der Waals surface area contributed by atoms with Gasteiger partial charge in [-0.25, -0.2) is 0 Å². The Hall–Kier alpha value is -2.44.